The van der Waals surface area contributed by atoms with Crippen LogP contribution in [0.25, 0.3) is 0 Å². The fraction of sp³-hybridized carbons (Fsp3) is 0.182. The van der Waals surface area contributed by atoms with Crippen molar-refractivity contribution in [1.29, 1.82) is 0 Å². The average Bonchev–Trinajstić information content (AvgIpc) is 2.76. The lowest BCUT2D eigenvalue weighted by molar-refractivity contribution is 0.578. The Hall–Kier alpha value is -1.66. The first-order valence-corrected chi connectivity index (χ1v) is 6.61. The molecule has 1 aromatic carbocycles. The molecule has 0 aliphatic heterocycles. The Morgan fingerprint density at radius 1 is 1.29 bits per heavy atom. The fourth-order valence-corrected chi connectivity index (χ4v) is 2.37. The van der Waals surface area contributed by atoms with Gasteiger partial charge in [0.1, 0.15) is 5.82 Å². The quantitative estimate of drug-likeness (QED) is 0.857. The number of hydrogen-bond acceptors (Lipinski definition) is 3. The summed E-state index contributed by atoms with van der Waals surface area (Å²) in [5.41, 5.74) is 0.910. The Kier molecular flexibility index (Phi) is 3.26. The zero-order valence-corrected chi connectivity index (χ0v) is 10.2. The van der Waals surface area contributed by atoms with Crippen LogP contribution in [-0.2, 0) is 16.6 Å². The summed E-state index contributed by atoms with van der Waals surface area (Å²) < 4.78 is 26.2. The van der Waals surface area contributed by atoms with Gasteiger partial charge in [0, 0.05) is 6.54 Å². The molecule has 0 fully saturated rings. The van der Waals surface area contributed by atoms with Gasteiger partial charge in [0.2, 0.25) is 0 Å². The Labute approximate surface area is 100.0 Å². The van der Waals surface area contributed by atoms with E-state index in [1.807, 2.05) is 30.3 Å². The van der Waals surface area contributed by atoms with E-state index in [1.54, 1.807) is 6.92 Å². The molecule has 1 aromatic heterocycles. The molecule has 2 aromatic rings. The van der Waals surface area contributed by atoms with E-state index in [0.29, 0.717) is 5.82 Å². The van der Waals surface area contributed by atoms with Crippen LogP contribution in [0.1, 0.15) is 11.4 Å². The SMILES string of the molecule is Cc1ncc(S(=O)(=O)NCc2ccccc2)[nH]1. The molecule has 17 heavy (non-hydrogen) atoms. The van der Waals surface area contributed by atoms with Crippen LogP contribution in [0.2, 0.25) is 0 Å². The van der Waals surface area contributed by atoms with Gasteiger partial charge < -0.3 is 4.98 Å². The van der Waals surface area contributed by atoms with Gasteiger partial charge in [0.15, 0.2) is 5.03 Å². The fourth-order valence-electron chi connectivity index (χ4n) is 1.39. The first-order chi connectivity index (χ1) is 8.08. The van der Waals surface area contributed by atoms with E-state index in [4.69, 9.17) is 0 Å². The van der Waals surface area contributed by atoms with Crippen LogP contribution < -0.4 is 4.72 Å². The number of benzene rings is 1. The zero-order chi connectivity index (χ0) is 12.3. The predicted molar refractivity (Wildman–Crippen MR) is 63.8 cm³/mol. The number of H-pyrrole nitrogens is 1. The maximum Gasteiger partial charge on any atom is 0.257 e. The molecule has 0 bridgehead atoms. The molecule has 0 atom stereocenters. The van der Waals surface area contributed by atoms with Crippen LogP contribution in [-0.4, -0.2) is 18.4 Å². The second-order valence-corrected chi connectivity index (χ2v) is 5.38. The smallest absolute Gasteiger partial charge is 0.257 e. The molecule has 2 rings (SSSR count). The number of nitrogens with one attached hydrogen (secondary N) is 2. The Morgan fingerprint density at radius 2 is 2.00 bits per heavy atom. The minimum Gasteiger partial charge on any atom is -0.332 e. The molecule has 0 amide bonds. The molecule has 90 valence electrons. The van der Waals surface area contributed by atoms with Gasteiger partial charge in [-0.1, -0.05) is 30.3 Å². The summed E-state index contributed by atoms with van der Waals surface area (Å²) in [5, 5.41) is 0.0888. The van der Waals surface area contributed by atoms with Crippen LogP contribution in [0.5, 0.6) is 0 Å². The number of nitrogens with zero attached hydrogens (tertiary/aromatic N) is 1. The molecule has 6 heteroatoms. The minimum atomic E-state index is -3.51. The largest absolute Gasteiger partial charge is 0.332 e. The average molecular weight is 251 g/mol. The van der Waals surface area contributed by atoms with Crippen LogP contribution >= 0.6 is 0 Å². The summed E-state index contributed by atoms with van der Waals surface area (Å²) in [5.74, 6) is 0.574. The summed E-state index contributed by atoms with van der Waals surface area (Å²) >= 11 is 0. The predicted octanol–water partition coefficient (Wildman–Crippen LogP) is 1.20. The van der Waals surface area contributed by atoms with E-state index in [-0.39, 0.29) is 11.6 Å². The summed E-state index contributed by atoms with van der Waals surface area (Å²) in [6.07, 6.45) is 1.31. The summed E-state index contributed by atoms with van der Waals surface area (Å²) in [4.78, 5) is 6.55. The lowest BCUT2D eigenvalue weighted by atomic mass is 10.2. The molecule has 0 saturated heterocycles. The van der Waals surface area contributed by atoms with E-state index >= 15 is 0 Å². The van der Waals surface area contributed by atoms with Gasteiger partial charge in [-0.2, -0.15) is 0 Å². The maximum absolute atomic E-state index is 11.8. The first-order valence-electron chi connectivity index (χ1n) is 5.13. The number of imidazole rings is 1. The highest BCUT2D eigenvalue weighted by molar-refractivity contribution is 7.89. The van der Waals surface area contributed by atoms with Crippen molar-refractivity contribution in [3.8, 4) is 0 Å². The molecule has 0 saturated carbocycles. The van der Waals surface area contributed by atoms with Crippen molar-refractivity contribution in [3.63, 3.8) is 0 Å². The topological polar surface area (TPSA) is 74.8 Å². The number of hydrogen-bond donors (Lipinski definition) is 2. The zero-order valence-electron chi connectivity index (χ0n) is 9.34. The van der Waals surface area contributed by atoms with E-state index in [2.05, 4.69) is 14.7 Å². The monoisotopic (exact) mass is 251 g/mol. The number of aromatic amines is 1. The second kappa shape index (κ2) is 4.68. The normalized spacial score (nSPS) is 11.6. The molecule has 0 unspecified atom stereocenters. The highest BCUT2D eigenvalue weighted by Gasteiger charge is 2.15. The molecule has 0 radical (unpaired) electrons. The standard InChI is InChI=1S/C11H13N3O2S/c1-9-12-8-11(14-9)17(15,16)13-7-10-5-3-2-4-6-10/h2-6,8,13H,7H2,1H3,(H,12,14). The van der Waals surface area contributed by atoms with Crippen molar-refractivity contribution in [2.75, 3.05) is 0 Å². The van der Waals surface area contributed by atoms with Gasteiger partial charge in [0.05, 0.1) is 6.20 Å². The second-order valence-electron chi connectivity index (χ2n) is 3.64. The van der Waals surface area contributed by atoms with Gasteiger partial charge in [0.25, 0.3) is 10.0 Å². The molecule has 0 aliphatic carbocycles. The van der Waals surface area contributed by atoms with Gasteiger partial charge >= 0.3 is 0 Å². The first kappa shape index (κ1) is 11.8. The van der Waals surface area contributed by atoms with Crippen LogP contribution in [0, 0.1) is 6.92 Å². The Bertz CT molecular complexity index is 590. The molecule has 1 heterocycles. The van der Waals surface area contributed by atoms with E-state index in [9.17, 15) is 8.42 Å². The van der Waals surface area contributed by atoms with Crippen molar-refractivity contribution < 1.29 is 8.42 Å². The van der Waals surface area contributed by atoms with Crippen molar-refractivity contribution in [3.05, 3.63) is 47.9 Å². The summed E-state index contributed by atoms with van der Waals surface area (Å²) in [6.45, 7) is 1.97. The molecular formula is C11H13N3O2S. The lowest BCUT2D eigenvalue weighted by Gasteiger charge is -2.04. The lowest BCUT2D eigenvalue weighted by Crippen LogP contribution is -2.23. The van der Waals surface area contributed by atoms with Crippen LogP contribution in [0.4, 0.5) is 0 Å². The Balaban J connectivity index is 2.09. The van der Waals surface area contributed by atoms with Crippen molar-refractivity contribution in [2.45, 2.75) is 18.5 Å². The molecule has 0 aliphatic rings. The van der Waals surface area contributed by atoms with E-state index in [1.165, 1.54) is 6.20 Å². The number of rotatable bonds is 4. The highest BCUT2D eigenvalue weighted by Crippen LogP contribution is 2.06. The van der Waals surface area contributed by atoms with Gasteiger partial charge in [-0.25, -0.2) is 18.1 Å². The Morgan fingerprint density at radius 3 is 2.59 bits per heavy atom. The van der Waals surface area contributed by atoms with Crippen molar-refractivity contribution in [1.82, 2.24) is 14.7 Å². The number of aryl methyl sites for hydroxylation is 1. The van der Waals surface area contributed by atoms with Gasteiger partial charge in [-0.05, 0) is 12.5 Å². The summed E-state index contributed by atoms with van der Waals surface area (Å²) in [6, 6.07) is 9.34. The third-order valence-corrected chi connectivity index (χ3v) is 3.59. The molecule has 0 spiro atoms. The van der Waals surface area contributed by atoms with Crippen LogP contribution in [0.15, 0.2) is 41.6 Å². The summed E-state index contributed by atoms with van der Waals surface area (Å²) in [7, 11) is -3.51. The van der Waals surface area contributed by atoms with Gasteiger partial charge in [-0.15, -0.1) is 0 Å². The minimum absolute atomic E-state index is 0.0888. The van der Waals surface area contributed by atoms with E-state index in [0.717, 1.165) is 5.56 Å². The molecule has 2 N–H and O–H groups in total. The van der Waals surface area contributed by atoms with Gasteiger partial charge in [-0.3, -0.25) is 0 Å². The van der Waals surface area contributed by atoms with Crippen molar-refractivity contribution in [2.24, 2.45) is 0 Å². The third-order valence-electron chi connectivity index (χ3n) is 2.28. The molecular weight excluding hydrogens is 238 g/mol. The van der Waals surface area contributed by atoms with Crippen molar-refractivity contribution >= 4 is 10.0 Å². The molecule has 5 nitrogen and oxygen atoms in total. The number of aromatic nitrogens is 2. The number of sulfonamides is 1. The van der Waals surface area contributed by atoms with Crippen LogP contribution in [0.3, 0.4) is 0 Å². The maximum atomic E-state index is 11.8. The van der Waals surface area contributed by atoms with E-state index < -0.39 is 10.0 Å². The highest BCUT2D eigenvalue weighted by atomic mass is 32.2. The third kappa shape index (κ3) is 2.92.